The molecular formula is C20H39N3O3. The van der Waals surface area contributed by atoms with Gasteiger partial charge in [0.2, 0.25) is 5.91 Å². The Morgan fingerprint density at radius 3 is 1.92 bits per heavy atom. The second-order valence-corrected chi connectivity index (χ2v) is 5.82. The molecule has 0 aliphatic rings. The van der Waals surface area contributed by atoms with E-state index in [9.17, 15) is 9.59 Å². The van der Waals surface area contributed by atoms with Crippen molar-refractivity contribution in [3.8, 4) is 0 Å². The molecule has 0 heterocycles. The summed E-state index contributed by atoms with van der Waals surface area (Å²) in [6.07, 6.45) is 5.13. The van der Waals surface area contributed by atoms with Gasteiger partial charge in [0, 0.05) is 18.2 Å². The van der Waals surface area contributed by atoms with E-state index in [-0.39, 0.29) is 11.9 Å². The second-order valence-electron chi connectivity index (χ2n) is 5.82. The summed E-state index contributed by atoms with van der Waals surface area (Å²) in [4.78, 5) is 25.9. The van der Waals surface area contributed by atoms with Crippen LogP contribution in [0.3, 0.4) is 0 Å². The number of unbranched alkanes of at least 4 members (excludes halogenated alkanes) is 1. The van der Waals surface area contributed by atoms with Gasteiger partial charge < -0.3 is 20.3 Å². The van der Waals surface area contributed by atoms with Crippen molar-refractivity contribution in [3.63, 3.8) is 0 Å². The number of likely N-dealkylation sites (N-methyl/N-ethyl adjacent to an activating group) is 1. The van der Waals surface area contributed by atoms with Crippen LogP contribution in [0.5, 0.6) is 0 Å². The second kappa shape index (κ2) is 18.1. The van der Waals surface area contributed by atoms with Crippen LogP contribution in [0.25, 0.3) is 0 Å². The third kappa shape index (κ3) is 15.8. The Morgan fingerprint density at radius 1 is 1.00 bits per heavy atom. The minimum atomic E-state index is -0.345. The van der Waals surface area contributed by atoms with Gasteiger partial charge in [-0.15, -0.1) is 0 Å². The third-order valence-corrected chi connectivity index (χ3v) is 4.13. The molecule has 0 rings (SSSR count). The summed E-state index contributed by atoms with van der Waals surface area (Å²) in [5.74, 6) is -0.657. The Hall–Kier alpha value is -1.66. The fourth-order valence-electron chi connectivity index (χ4n) is 2.15. The van der Waals surface area contributed by atoms with Crippen LogP contribution >= 0.6 is 0 Å². The number of amides is 1. The number of hydrogen-bond donors (Lipinski definition) is 1. The molecular weight excluding hydrogens is 330 g/mol. The molecule has 152 valence electrons. The van der Waals surface area contributed by atoms with E-state index in [1.54, 1.807) is 6.92 Å². The predicted molar refractivity (Wildman–Crippen MR) is 109 cm³/mol. The van der Waals surface area contributed by atoms with E-state index < -0.39 is 0 Å². The van der Waals surface area contributed by atoms with Crippen molar-refractivity contribution in [2.75, 3.05) is 45.9 Å². The minimum absolute atomic E-state index is 0.312. The maximum absolute atomic E-state index is 10.7. The summed E-state index contributed by atoms with van der Waals surface area (Å²) in [6, 6.07) is 0. The first kappa shape index (κ1) is 26.6. The molecule has 0 atom stereocenters. The lowest BCUT2D eigenvalue weighted by atomic mass is 10.2. The van der Waals surface area contributed by atoms with Gasteiger partial charge in [0.15, 0.2) is 0 Å². The van der Waals surface area contributed by atoms with Crippen LogP contribution in [0.1, 0.15) is 47.5 Å². The summed E-state index contributed by atoms with van der Waals surface area (Å²) in [6.45, 7) is 20.1. The molecule has 6 heteroatoms. The number of nitrogens with two attached hydrogens (primary N) is 1. The Labute approximate surface area is 160 Å². The van der Waals surface area contributed by atoms with E-state index in [1.165, 1.54) is 6.08 Å². The standard InChI is InChI=1S/C11H22N2O.C9H17NO2/c1-4-13(5-2)9-7-6-8-10(3)11(12)14;1-4-9(11)12-8-7-10(5-2)6-3/h8H,4-7,9H2,1-3H3,(H2,12,14);4H,1,5-8H2,2-3H3. The average molecular weight is 370 g/mol. The summed E-state index contributed by atoms with van der Waals surface area (Å²) < 4.78 is 4.83. The SMILES string of the molecule is C=CC(=O)OCCN(CC)CC.CCN(CC)CCCC=C(C)C(N)=O. The molecule has 2 N–H and O–H groups in total. The minimum Gasteiger partial charge on any atom is -0.461 e. The van der Waals surface area contributed by atoms with Gasteiger partial charge in [-0.25, -0.2) is 4.79 Å². The van der Waals surface area contributed by atoms with Crippen LogP contribution in [-0.4, -0.2) is 67.6 Å². The fourth-order valence-corrected chi connectivity index (χ4v) is 2.15. The van der Waals surface area contributed by atoms with E-state index in [0.717, 1.165) is 52.1 Å². The molecule has 0 aromatic heterocycles. The zero-order valence-electron chi connectivity index (χ0n) is 17.4. The van der Waals surface area contributed by atoms with E-state index >= 15 is 0 Å². The van der Waals surface area contributed by atoms with Gasteiger partial charge in [0.05, 0.1) is 0 Å². The number of hydrogen-bond acceptors (Lipinski definition) is 5. The van der Waals surface area contributed by atoms with Gasteiger partial charge in [-0.1, -0.05) is 40.3 Å². The molecule has 0 bridgehead atoms. The van der Waals surface area contributed by atoms with Crippen LogP contribution in [0.15, 0.2) is 24.3 Å². The molecule has 0 saturated heterocycles. The summed E-state index contributed by atoms with van der Waals surface area (Å²) >= 11 is 0. The molecule has 1 amide bonds. The lowest BCUT2D eigenvalue weighted by Gasteiger charge is -2.16. The first-order valence-electron chi connectivity index (χ1n) is 9.56. The highest BCUT2D eigenvalue weighted by Crippen LogP contribution is 2.00. The Kier molecular flexibility index (Phi) is 18.5. The average Bonchev–Trinajstić information content (AvgIpc) is 2.65. The molecule has 0 aliphatic heterocycles. The molecule has 0 radical (unpaired) electrons. The first-order chi connectivity index (χ1) is 12.4. The number of rotatable bonds is 13. The molecule has 0 aromatic carbocycles. The number of allylic oxidation sites excluding steroid dienone is 1. The summed E-state index contributed by atoms with van der Waals surface area (Å²) in [5.41, 5.74) is 5.78. The van der Waals surface area contributed by atoms with Gasteiger partial charge in [0.25, 0.3) is 0 Å². The molecule has 0 saturated carbocycles. The van der Waals surface area contributed by atoms with Crippen LogP contribution < -0.4 is 5.73 Å². The maximum Gasteiger partial charge on any atom is 0.330 e. The molecule has 0 unspecified atom stereocenters. The molecule has 0 aromatic rings. The lowest BCUT2D eigenvalue weighted by molar-refractivity contribution is -0.138. The highest BCUT2D eigenvalue weighted by Gasteiger charge is 2.00. The highest BCUT2D eigenvalue weighted by atomic mass is 16.5. The molecule has 0 aliphatic carbocycles. The zero-order chi connectivity index (χ0) is 20.4. The smallest absolute Gasteiger partial charge is 0.330 e. The maximum atomic E-state index is 10.7. The van der Waals surface area contributed by atoms with Gasteiger partial charge in [-0.05, 0) is 52.5 Å². The largest absolute Gasteiger partial charge is 0.461 e. The number of ether oxygens (including phenoxy) is 1. The van der Waals surface area contributed by atoms with Crippen molar-refractivity contribution in [1.29, 1.82) is 0 Å². The van der Waals surface area contributed by atoms with Crippen molar-refractivity contribution >= 4 is 11.9 Å². The van der Waals surface area contributed by atoms with Crippen molar-refractivity contribution in [2.45, 2.75) is 47.5 Å². The number of nitrogens with zero attached hydrogens (tertiary/aromatic N) is 2. The molecule has 6 nitrogen and oxygen atoms in total. The highest BCUT2D eigenvalue weighted by molar-refractivity contribution is 5.91. The normalized spacial score (nSPS) is 11.1. The van der Waals surface area contributed by atoms with Gasteiger partial charge in [-0.3, -0.25) is 4.79 Å². The van der Waals surface area contributed by atoms with Crippen LogP contribution in [0.2, 0.25) is 0 Å². The van der Waals surface area contributed by atoms with Crippen LogP contribution in [-0.2, 0) is 14.3 Å². The topological polar surface area (TPSA) is 75.9 Å². The Balaban J connectivity index is 0. The fraction of sp³-hybridized carbons (Fsp3) is 0.700. The van der Waals surface area contributed by atoms with Crippen molar-refractivity contribution < 1.29 is 14.3 Å². The molecule has 26 heavy (non-hydrogen) atoms. The van der Waals surface area contributed by atoms with Crippen molar-refractivity contribution in [1.82, 2.24) is 9.80 Å². The number of esters is 1. The third-order valence-electron chi connectivity index (χ3n) is 4.13. The Bertz CT molecular complexity index is 415. The van der Waals surface area contributed by atoms with Gasteiger partial charge >= 0.3 is 5.97 Å². The van der Waals surface area contributed by atoms with Gasteiger partial charge in [-0.2, -0.15) is 0 Å². The zero-order valence-corrected chi connectivity index (χ0v) is 17.4. The van der Waals surface area contributed by atoms with Crippen LogP contribution in [0, 0.1) is 0 Å². The number of carbonyl (C=O) groups excluding carboxylic acids is 2. The van der Waals surface area contributed by atoms with Gasteiger partial charge in [0.1, 0.15) is 6.61 Å². The quantitative estimate of drug-likeness (QED) is 0.307. The predicted octanol–water partition coefficient (Wildman–Crippen LogP) is 2.60. The van der Waals surface area contributed by atoms with E-state index in [4.69, 9.17) is 10.5 Å². The monoisotopic (exact) mass is 369 g/mol. The van der Waals surface area contributed by atoms with E-state index in [0.29, 0.717) is 12.2 Å². The lowest BCUT2D eigenvalue weighted by Crippen LogP contribution is -2.27. The molecule has 0 fully saturated rings. The number of primary amides is 1. The van der Waals surface area contributed by atoms with E-state index in [1.807, 2.05) is 6.08 Å². The van der Waals surface area contributed by atoms with Crippen molar-refractivity contribution in [2.24, 2.45) is 5.73 Å². The van der Waals surface area contributed by atoms with Crippen LogP contribution in [0.4, 0.5) is 0 Å². The molecule has 0 spiro atoms. The Morgan fingerprint density at radius 2 is 1.50 bits per heavy atom. The van der Waals surface area contributed by atoms with Crippen molar-refractivity contribution in [3.05, 3.63) is 24.3 Å². The summed E-state index contributed by atoms with van der Waals surface area (Å²) in [7, 11) is 0. The number of carbonyl (C=O) groups is 2. The first-order valence-corrected chi connectivity index (χ1v) is 9.56. The van der Waals surface area contributed by atoms with E-state index in [2.05, 4.69) is 44.1 Å². The summed E-state index contributed by atoms with van der Waals surface area (Å²) in [5, 5.41) is 0.